The van der Waals surface area contributed by atoms with Crippen molar-refractivity contribution in [1.29, 1.82) is 0 Å². The average Bonchev–Trinajstić information content (AvgIpc) is 2.84. The van der Waals surface area contributed by atoms with Crippen molar-refractivity contribution < 1.29 is 23.9 Å². The van der Waals surface area contributed by atoms with Gasteiger partial charge in [-0.05, 0) is 66.2 Å². The van der Waals surface area contributed by atoms with E-state index in [2.05, 4.69) is 15.8 Å². The zero-order chi connectivity index (χ0) is 22.8. The number of ether oxygens (including phenoxy) is 2. The maximum atomic E-state index is 12.0. The van der Waals surface area contributed by atoms with E-state index < -0.39 is 11.9 Å². The summed E-state index contributed by atoms with van der Waals surface area (Å²) in [5.41, 5.74) is 3.89. The highest BCUT2D eigenvalue weighted by Crippen LogP contribution is 2.14. The molecule has 0 fully saturated rings. The van der Waals surface area contributed by atoms with Gasteiger partial charge in [-0.25, -0.2) is 10.2 Å². The van der Waals surface area contributed by atoms with Gasteiger partial charge >= 0.3 is 5.97 Å². The van der Waals surface area contributed by atoms with Crippen molar-refractivity contribution in [2.45, 2.75) is 0 Å². The summed E-state index contributed by atoms with van der Waals surface area (Å²) in [7, 11) is 1.54. The van der Waals surface area contributed by atoms with Crippen LogP contribution in [0.1, 0.15) is 26.3 Å². The minimum atomic E-state index is -0.475. The third kappa shape index (κ3) is 6.53. The molecule has 3 aromatic rings. The highest BCUT2D eigenvalue weighted by atomic mass is 16.5. The van der Waals surface area contributed by atoms with Gasteiger partial charge in [-0.15, -0.1) is 0 Å². The standard InChI is InChI=1S/C24H21N3O5/c1-31-20-13-9-18(10-14-20)23(29)25-16-22(28)27-26-15-17-7-11-21(12-8-17)32-24(30)19-5-3-2-4-6-19/h2-15H,16H2,1H3,(H,25,29)(H,27,28)/b26-15+. The first-order valence-electron chi connectivity index (χ1n) is 9.66. The van der Waals surface area contributed by atoms with Gasteiger partial charge in [0.05, 0.1) is 25.4 Å². The van der Waals surface area contributed by atoms with Crippen molar-refractivity contribution in [1.82, 2.24) is 10.7 Å². The maximum Gasteiger partial charge on any atom is 0.343 e. The lowest BCUT2D eigenvalue weighted by atomic mass is 10.2. The Morgan fingerprint density at radius 3 is 2.16 bits per heavy atom. The topological polar surface area (TPSA) is 106 Å². The van der Waals surface area contributed by atoms with Gasteiger partial charge in [-0.3, -0.25) is 9.59 Å². The molecule has 0 spiro atoms. The molecule has 3 aromatic carbocycles. The van der Waals surface area contributed by atoms with Crippen LogP contribution in [-0.4, -0.2) is 37.7 Å². The van der Waals surface area contributed by atoms with Gasteiger partial charge in [0.25, 0.3) is 11.8 Å². The summed E-state index contributed by atoms with van der Waals surface area (Å²) in [5.74, 6) is -0.280. The number of carbonyl (C=O) groups excluding carboxylic acids is 3. The molecular formula is C24H21N3O5. The molecule has 0 aliphatic heterocycles. The second-order valence-corrected chi connectivity index (χ2v) is 6.53. The van der Waals surface area contributed by atoms with Crippen LogP contribution in [0.5, 0.6) is 11.5 Å². The summed E-state index contributed by atoms with van der Waals surface area (Å²) < 4.78 is 10.3. The normalized spacial score (nSPS) is 10.4. The summed E-state index contributed by atoms with van der Waals surface area (Å²) >= 11 is 0. The molecule has 0 aliphatic rings. The Bertz CT molecular complexity index is 1090. The molecule has 2 amide bonds. The fourth-order valence-electron chi connectivity index (χ4n) is 2.59. The summed E-state index contributed by atoms with van der Waals surface area (Å²) in [6.45, 7) is -0.226. The maximum absolute atomic E-state index is 12.0. The Balaban J connectivity index is 1.43. The van der Waals surface area contributed by atoms with Crippen molar-refractivity contribution >= 4 is 24.0 Å². The Hall–Kier alpha value is -4.46. The fourth-order valence-corrected chi connectivity index (χ4v) is 2.59. The number of nitrogens with zero attached hydrogens (tertiary/aromatic N) is 1. The average molecular weight is 431 g/mol. The van der Waals surface area contributed by atoms with E-state index in [4.69, 9.17) is 9.47 Å². The molecule has 0 unspecified atom stereocenters. The highest BCUT2D eigenvalue weighted by molar-refractivity contribution is 5.96. The van der Waals surface area contributed by atoms with E-state index >= 15 is 0 Å². The van der Waals surface area contributed by atoms with E-state index in [0.29, 0.717) is 28.2 Å². The molecule has 32 heavy (non-hydrogen) atoms. The zero-order valence-corrected chi connectivity index (χ0v) is 17.3. The molecule has 0 aromatic heterocycles. The van der Waals surface area contributed by atoms with Crippen LogP contribution in [0.25, 0.3) is 0 Å². The summed E-state index contributed by atoms with van der Waals surface area (Å²) in [5, 5.41) is 6.36. The van der Waals surface area contributed by atoms with Gasteiger partial charge < -0.3 is 14.8 Å². The van der Waals surface area contributed by atoms with E-state index in [9.17, 15) is 14.4 Å². The first-order chi connectivity index (χ1) is 15.5. The Labute approximate surface area is 184 Å². The third-order valence-electron chi connectivity index (χ3n) is 4.26. The van der Waals surface area contributed by atoms with Gasteiger partial charge in [0.15, 0.2) is 0 Å². The van der Waals surface area contributed by atoms with Crippen LogP contribution in [0.3, 0.4) is 0 Å². The van der Waals surface area contributed by atoms with Crippen molar-refractivity contribution in [3.8, 4) is 11.5 Å². The van der Waals surface area contributed by atoms with Crippen LogP contribution in [0.2, 0.25) is 0 Å². The number of methoxy groups -OCH3 is 1. The van der Waals surface area contributed by atoms with Gasteiger partial charge in [0.2, 0.25) is 0 Å². The van der Waals surface area contributed by atoms with Gasteiger partial charge in [0.1, 0.15) is 11.5 Å². The molecule has 0 heterocycles. The van der Waals surface area contributed by atoms with Crippen LogP contribution in [-0.2, 0) is 4.79 Å². The van der Waals surface area contributed by atoms with Gasteiger partial charge in [-0.1, -0.05) is 18.2 Å². The van der Waals surface area contributed by atoms with Gasteiger partial charge in [0, 0.05) is 5.56 Å². The summed E-state index contributed by atoms with van der Waals surface area (Å²) in [6.07, 6.45) is 1.44. The number of hydrazone groups is 1. The lowest BCUT2D eigenvalue weighted by Gasteiger charge is -2.05. The number of nitrogens with one attached hydrogen (secondary N) is 2. The van der Waals surface area contributed by atoms with Crippen molar-refractivity contribution in [2.75, 3.05) is 13.7 Å². The van der Waals surface area contributed by atoms with E-state index in [1.54, 1.807) is 72.8 Å². The van der Waals surface area contributed by atoms with Gasteiger partial charge in [-0.2, -0.15) is 5.10 Å². The van der Waals surface area contributed by atoms with Crippen LogP contribution in [0.4, 0.5) is 0 Å². The van der Waals surface area contributed by atoms with Crippen molar-refractivity contribution in [3.05, 3.63) is 95.6 Å². The molecule has 0 radical (unpaired) electrons. The fraction of sp³-hybridized carbons (Fsp3) is 0.0833. The van der Waals surface area contributed by atoms with Crippen LogP contribution >= 0.6 is 0 Å². The largest absolute Gasteiger partial charge is 0.497 e. The molecule has 0 saturated carbocycles. The van der Waals surface area contributed by atoms with Crippen LogP contribution in [0.15, 0.2) is 84.0 Å². The zero-order valence-electron chi connectivity index (χ0n) is 17.3. The molecule has 162 valence electrons. The Morgan fingerprint density at radius 1 is 0.844 bits per heavy atom. The molecule has 2 N–H and O–H groups in total. The molecule has 8 nitrogen and oxygen atoms in total. The van der Waals surface area contributed by atoms with E-state index in [1.165, 1.54) is 13.3 Å². The van der Waals surface area contributed by atoms with Crippen LogP contribution < -0.4 is 20.2 Å². The number of hydrogen-bond donors (Lipinski definition) is 2. The predicted octanol–water partition coefficient (Wildman–Crippen LogP) is 2.79. The molecule has 0 saturated heterocycles. The van der Waals surface area contributed by atoms with Crippen molar-refractivity contribution in [2.24, 2.45) is 5.10 Å². The lowest BCUT2D eigenvalue weighted by Crippen LogP contribution is -2.34. The van der Waals surface area contributed by atoms with Crippen LogP contribution in [0, 0.1) is 0 Å². The molecule has 3 rings (SSSR count). The Morgan fingerprint density at radius 2 is 1.50 bits per heavy atom. The minimum Gasteiger partial charge on any atom is -0.497 e. The molecular weight excluding hydrogens is 410 g/mol. The summed E-state index contributed by atoms with van der Waals surface area (Å²) in [6, 6.07) is 21.8. The Kier molecular flexibility index (Phi) is 7.69. The molecule has 0 aliphatic carbocycles. The van der Waals surface area contributed by atoms with E-state index in [0.717, 1.165) is 0 Å². The first-order valence-corrected chi connectivity index (χ1v) is 9.66. The number of benzene rings is 3. The monoisotopic (exact) mass is 431 g/mol. The number of hydrogen-bond acceptors (Lipinski definition) is 6. The van der Waals surface area contributed by atoms with E-state index in [1.807, 2.05) is 6.07 Å². The number of amides is 2. The number of carbonyl (C=O) groups is 3. The summed E-state index contributed by atoms with van der Waals surface area (Å²) in [4.78, 5) is 35.9. The second-order valence-electron chi connectivity index (χ2n) is 6.53. The SMILES string of the molecule is COc1ccc(C(=O)NCC(=O)N/N=C/c2ccc(OC(=O)c3ccccc3)cc2)cc1. The lowest BCUT2D eigenvalue weighted by molar-refractivity contribution is -0.120. The molecule has 0 atom stereocenters. The van der Waals surface area contributed by atoms with E-state index in [-0.39, 0.29) is 12.5 Å². The minimum absolute atomic E-state index is 0.226. The molecule has 0 bridgehead atoms. The molecule has 8 heteroatoms. The first kappa shape index (κ1) is 22.2. The quantitative estimate of drug-likeness (QED) is 0.247. The third-order valence-corrected chi connectivity index (χ3v) is 4.26. The smallest absolute Gasteiger partial charge is 0.343 e. The predicted molar refractivity (Wildman–Crippen MR) is 119 cm³/mol. The second kappa shape index (κ2) is 11.1. The number of rotatable bonds is 8. The highest BCUT2D eigenvalue weighted by Gasteiger charge is 2.08. The van der Waals surface area contributed by atoms with Crippen molar-refractivity contribution in [3.63, 3.8) is 0 Å². The number of esters is 1.